The number of carbonyl (C=O) groups is 2. The lowest BCUT2D eigenvalue weighted by atomic mass is 10.1. The largest absolute Gasteiger partial charge is 0.497 e. The average molecular weight is 576 g/mol. The molecule has 1 N–H and O–H groups in total. The fraction of sp³-hybridized carbons (Fsp3) is 0.222. The highest BCUT2D eigenvalue weighted by Crippen LogP contribution is 2.31. The third-order valence-electron chi connectivity index (χ3n) is 5.91. The Balaban J connectivity index is 1.54. The number of thiocarbonyl (C=S) groups is 1. The number of ether oxygens (including phenoxy) is 3. The number of carbonyl (C=O) groups excluding carboxylic acids is 2. The van der Waals surface area contributed by atoms with Gasteiger partial charge in [-0.05, 0) is 78.4 Å². The van der Waals surface area contributed by atoms with Crippen molar-refractivity contribution in [3.63, 3.8) is 0 Å². The van der Waals surface area contributed by atoms with E-state index in [0.717, 1.165) is 5.56 Å². The van der Waals surface area contributed by atoms with E-state index in [-0.39, 0.29) is 29.7 Å². The van der Waals surface area contributed by atoms with Crippen molar-refractivity contribution in [2.24, 2.45) is 0 Å². The summed E-state index contributed by atoms with van der Waals surface area (Å²) in [6.45, 7) is 0.276. The number of benzene rings is 3. The van der Waals surface area contributed by atoms with Crippen LogP contribution >= 0.6 is 23.8 Å². The van der Waals surface area contributed by atoms with Gasteiger partial charge in [0.25, 0.3) is 5.91 Å². The molecule has 1 fully saturated rings. The molecule has 0 aromatic heterocycles. The second kappa shape index (κ2) is 11.8. The van der Waals surface area contributed by atoms with Gasteiger partial charge in [0.05, 0.1) is 26.3 Å². The molecule has 1 aliphatic heterocycles. The molecular formula is C27H24ClF2N3O5S. The predicted molar refractivity (Wildman–Crippen MR) is 147 cm³/mol. The molecule has 1 heterocycles. The lowest BCUT2D eigenvalue weighted by Crippen LogP contribution is -2.37. The van der Waals surface area contributed by atoms with Gasteiger partial charge in [-0.25, -0.2) is 0 Å². The summed E-state index contributed by atoms with van der Waals surface area (Å²) in [5.41, 5.74) is -2.12. The van der Waals surface area contributed by atoms with E-state index in [1.165, 1.54) is 29.2 Å². The molecule has 3 aromatic carbocycles. The van der Waals surface area contributed by atoms with E-state index in [1.807, 2.05) is 12.1 Å². The van der Waals surface area contributed by atoms with Gasteiger partial charge < -0.3 is 24.4 Å². The minimum absolute atomic E-state index is 0.176. The van der Waals surface area contributed by atoms with Crippen molar-refractivity contribution >= 4 is 52.1 Å². The van der Waals surface area contributed by atoms with E-state index in [9.17, 15) is 18.4 Å². The molecule has 1 saturated heterocycles. The van der Waals surface area contributed by atoms with Crippen LogP contribution in [0.2, 0.25) is 0 Å². The van der Waals surface area contributed by atoms with Gasteiger partial charge in [0.1, 0.15) is 23.3 Å². The molecule has 0 radical (unpaired) electrons. The van der Waals surface area contributed by atoms with Crippen molar-refractivity contribution in [2.75, 3.05) is 24.4 Å². The number of nitrogens with one attached hydrogen (secondary N) is 1. The summed E-state index contributed by atoms with van der Waals surface area (Å²) in [6.07, 6.45) is -0.209. The van der Waals surface area contributed by atoms with Crippen LogP contribution in [-0.4, -0.2) is 47.7 Å². The number of anilines is 2. The van der Waals surface area contributed by atoms with Crippen molar-refractivity contribution in [2.45, 2.75) is 24.6 Å². The summed E-state index contributed by atoms with van der Waals surface area (Å²) >= 11 is 10.5. The molecule has 8 nitrogen and oxygen atoms in total. The Bertz CT molecular complexity index is 1340. The number of amides is 2. The monoisotopic (exact) mass is 575 g/mol. The molecule has 204 valence electrons. The lowest BCUT2D eigenvalue weighted by Gasteiger charge is -2.24. The van der Waals surface area contributed by atoms with Gasteiger partial charge in [-0.3, -0.25) is 14.5 Å². The van der Waals surface area contributed by atoms with Crippen molar-refractivity contribution in [1.82, 2.24) is 4.90 Å². The van der Waals surface area contributed by atoms with E-state index >= 15 is 0 Å². The van der Waals surface area contributed by atoms with Gasteiger partial charge in [0, 0.05) is 23.8 Å². The first-order chi connectivity index (χ1) is 18.6. The maximum atomic E-state index is 13.6. The highest BCUT2D eigenvalue weighted by Gasteiger charge is 2.44. The van der Waals surface area contributed by atoms with Crippen LogP contribution < -0.4 is 24.4 Å². The molecule has 0 spiro atoms. The number of hydrogen-bond donors (Lipinski definition) is 1. The smallest absolute Gasteiger partial charge is 0.487 e. The standard InChI is InChI=1S/C27H24ClF2N3O5S/c1-36-20-9-3-17(4-10-20)16-32-23(25(35)33(26(32)39)19-7-13-21(37-2)14-8-19)15-24(34)31-18-5-11-22(12-6-18)38-27(28,29)30/h3-14,23H,15-16H2,1-2H3,(H,31,34). The zero-order valence-electron chi connectivity index (χ0n) is 20.9. The van der Waals surface area contributed by atoms with Crippen LogP contribution in [0.4, 0.5) is 20.2 Å². The topological polar surface area (TPSA) is 80.3 Å². The zero-order chi connectivity index (χ0) is 28.2. The summed E-state index contributed by atoms with van der Waals surface area (Å²) in [7, 11) is 3.11. The van der Waals surface area contributed by atoms with E-state index in [2.05, 4.69) is 10.1 Å². The molecule has 1 unspecified atom stereocenters. The van der Waals surface area contributed by atoms with Crippen molar-refractivity contribution in [3.05, 3.63) is 78.4 Å². The van der Waals surface area contributed by atoms with Crippen molar-refractivity contribution in [3.8, 4) is 17.2 Å². The fourth-order valence-electron chi connectivity index (χ4n) is 4.04. The SMILES string of the molecule is COc1ccc(CN2C(=S)N(c3ccc(OC)cc3)C(=O)C2CC(=O)Nc2ccc(OC(F)(F)Cl)cc2)cc1. The number of nitrogens with zero attached hydrogens (tertiary/aromatic N) is 2. The van der Waals surface area contributed by atoms with Gasteiger partial charge in [-0.15, -0.1) is 8.78 Å². The second-order valence-electron chi connectivity index (χ2n) is 8.47. The molecule has 3 aromatic rings. The molecule has 39 heavy (non-hydrogen) atoms. The first-order valence-electron chi connectivity index (χ1n) is 11.6. The summed E-state index contributed by atoms with van der Waals surface area (Å²) in [4.78, 5) is 29.7. The molecule has 0 saturated carbocycles. The predicted octanol–water partition coefficient (Wildman–Crippen LogP) is 5.40. The summed E-state index contributed by atoms with van der Waals surface area (Å²) in [6, 6.07) is 18.5. The quantitative estimate of drug-likeness (QED) is 0.256. The molecule has 0 bridgehead atoms. The Kier molecular flexibility index (Phi) is 8.51. The van der Waals surface area contributed by atoms with Crippen molar-refractivity contribution < 1.29 is 32.6 Å². The van der Waals surface area contributed by atoms with Gasteiger partial charge >= 0.3 is 5.57 Å². The second-order valence-corrected chi connectivity index (χ2v) is 9.28. The van der Waals surface area contributed by atoms with Gasteiger partial charge in [-0.2, -0.15) is 0 Å². The highest BCUT2D eigenvalue weighted by atomic mass is 35.5. The first-order valence-corrected chi connectivity index (χ1v) is 12.4. The minimum atomic E-state index is -3.85. The molecule has 2 amide bonds. The molecule has 12 heteroatoms. The zero-order valence-corrected chi connectivity index (χ0v) is 22.5. The Morgan fingerprint density at radius 1 is 0.949 bits per heavy atom. The van der Waals surface area contributed by atoms with Gasteiger partial charge in [0.15, 0.2) is 5.11 Å². The first kappa shape index (κ1) is 28.1. The molecule has 1 atom stereocenters. The highest BCUT2D eigenvalue weighted by molar-refractivity contribution is 7.80. The van der Waals surface area contributed by atoms with E-state index in [0.29, 0.717) is 22.9 Å². The number of hydrogen-bond acceptors (Lipinski definition) is 6. The number of halogens is 3. The Labute approximate surface area is 234 Å². The maximum absolute atomic E-state index is 13.6. The fourth-order valence-corrected chi connectivity index (χ4v) is 4.51. The summed E-state index contributed by atoms with van der Waals surface area (Å²) < 4.78 is 40.4. The van der Waals surface area contributed by atoms with Crippen LogP contribution in [0.15, 0.2) is 72.8 Å². The molecule has 0 aliphatic carbocycles. The number of rotatable bonds is 10. The third-order valence-corrected chi connectivity index (χ3v) is 6.41. The molecule has 4 rings (SSSR count). The van der Waals surface area contributed by atoms with Gasteiger partial charge in [-0.1, -0.05) is 12.1 Å². The Morgan fingerprint density at radius 2 is 1.49 bits per heavy atom. The van der Waals surface area contributed by atoms with Crippen LogP contribution in [0.5, 0.6) is 17.2 Å². The van der Waals surface area contributed by atoms with Crippen molar-refractivity contribution in [1.29, 1.82) is 0 Å². The van der Waals surface area contributed by atoms with Crippen LogP contribution in [0, 0.1) is 0 Å². The van der Waals surface area contributed by atoms with Crippen LogP contribution in [0.1, 0.15) is 12.0 Å². The normalized spacial score (nSPS) is 15.4. The van der Waals surface area contributed by atoms with E-state index < -0.39 is 17.5 Å². The van der Waals surface area contributed by atoms with E-state index in [1.54, 1.807) is 55.5 Å². The number of methoxy groups -OCH3 is 2. The maximum Gasteiger partial charge on any atom is 0.487 e. The summed E-state index contributed by atoms with van der Waals surface area (Å²) in [5.74, 6) is 0.296. The van der Waals surface area contributed by atoms with Crippen LogP contribution in [0.25, 0.3) is 0 Å². The summed E-state index contributed by atoms with van der Waals surface area (Å²) in [5, 5.41) is 2.93. The van der Waals surface area contributed by atoms with Crippen LogP contribution in [-0.2, 0) is 16.1 Å². The average Bonchev–Trinajstić information content (AvgIpc) is 3.13. The minimum Gasteiger partial charge on any atom is -0.497 e. The molecule has 1 aliphatic rings. The Morgan fingerprint density at radius 3 is 2.03 bits per heavy atom. The van der Waals surface area contributed by atoms with Gasteiger partial charge in [0.2, 0.25) is 5.91 Å². The van der Waals surface area contributed by atoms with Crippen LogP contribution in [0.3, 0.4) is 0 Å². The Hall–Kier alpha value is -3.96. The number of alkyl halides is 3. The lowest BCUT2D eigenvalue weighted by molar-refractivity contribution is -0.124. The molecular weight excluding hydrogens is 552 g/mol. The third kappa shape index (κ3) is 6.92. The van der Waals surface area contributed by atoms with E-state index in [4.69, 9.17) is 33.3 Å².